The number of benzene rings is 1. The molecule has 0 aromatic heterocycles. The van der Waals surface area contributed by atoms with Crippen molar-refractivity contribution in [1.82, 2.24) is 0 Å². The summed E-state index contributed by atoms with van der Waals surface area (Å²) in [5.74, 6) is -0.309. The van der Waals surface area contributed by atoms with Gasteiger partial charge in [-0.05, 0) is 11.6 Å². The summed E-state index contributed by atoms with van der Waals surface area (Å²) in [6.07, 6.45) is 1.77. The predicted molar refractivity (Wildman–Crippen MR) is 65.8 cm³/mol. The van der Waals surface area contributed by atoms with E-state index < -0.39 is 6.10 Å². The average Bonchev–Trinajstić information content (AvgIpc) is 2.81. The van der Waals surface area contributed by atoms with Gasteiger partial charge >= 0.3 is 5.97 Å². The molecule has 18 heavy (non-hydrogen) atoms. The van der Waals surface area contributed by atoms with Crippen LogP contribution in [0.15, 0.2) is 42.0 Å². The highest BCUT2D eigenvalue weighted by Gasteiger charge is 2.20. The van der Waals surface area contributed by atoms with E-state index in [2.05, 4.69) is 0 Å². The third-order valence-electron chi connectivity index (χ3n) is 2.74. The number of aliphatic hydroxyl groups is 1. The van der Waals surface area contributed by atoms with Crippen molar-refractivity contribution in [1.29, 1.82) is 0 Å². The van der Waals surface area contributed by atoms with Crippen LogP contribution in [0.2, 0.25) is 0 Å². The lowest BCUT2D eigenvalue weighted by Crippen LogP contribution is -2.16. The summed E-state index contributed by atoms with van der Waals surface area (Å²) in [7, 11) is 0. The minimum absolute atomic E-state index is 0.149. The largest absolute Gasteiger partial charge is 0.462 e. The third-order valence-corrected chi connectivity index (χ3v) is 2.74. The zero-order valence-electron chi connectivity index (χ0n) is 10.0. The second kappa shape index (κ2) is 6.33. The number of esters is 1. The topological polar surface area (TPSA) is 55.8 Å². The van der Waals surface area contributed by atoms with E-state index >= 15 is 0 Å². The summed E-state index contributed by atoms with van der Waals surface area (Å²) in [6.45, 7) is 0.677. The quantitative estimate of drug-likeness (QED) is 0.632. The lowest BCUT2D eigenvalue weighted by Gasteiger charge is -2.12. The summed E-state index contributed by atoms with van der Waals surface area (Å²) in [5, 5.41) is 9.23. The Morgan fingerprint density at radius 2 is 2.17 bits per heavy atom. The SMILES string of the molecule is O=C1OCC/C1=C\[C@@H](CO)OCc1ccccc1. The van der Waals surface area contributed by atoms with Gasteiger partial charge in [0.2, 0.25) is 0 Å². The molecule has 4 heteroatoms. The van der Waals surface area contributed by atoms with Crippen molar-refractivity contribution in [2.24, 2.45) is 0 Å². The number of hydrogen-bond donors (Lipinski definition) is 1. The monoisotopic (exact) mass is 248 g/mol. The van der Waals surface area contributed by atoms with Gasteiger partial charge < -0.3 is 14.6 Å². The molecular weight excluding hydrogens is 232 g/mol. The molecule has 1 aromatic rings. The molecule has 1 N–H and O–H groups in total. The van der Waals surface area contributed by atoms with Crippen molar-refractivity contribution in [3.05, 3.63) is 47.5 Å². The Hall–Kier alpha value is -1.65. The fraction of sp³-hybridized carbons (Fsp3) is 0.357. The van der Waals surface area contributed by atoms with Gasteiger partial charge in [0.25, 0.3) is 0 Å². The number of ether oxygens (including phenoxy) is 2. The summed E-state index contributed by atoms with van der Waals surface area (Å²) >= 11 is 0. The lowest BCUT2D eigenvalue weighted by molar-refractivity contribution is -0.135. The van der Waals surface area contributed by atoms with Crippen molar-refractivity contribution in [2.45, 2.75) is 19.1 Å². The molecule has 96 valence electrons. The average molecular weight is 248 g/mol. The van der Waals surface area contributed by atoms with Gasteiger partial charge in [0.05, 0.1) is 25.9 Å². The van der Waals surface area contributed by atoms with Crippen LogP contribution in [0.25, 0.3) is 0 Å². The summed E-state index contributed by atoms with van der Waals surface area (Å²) in [5.41, 5.74) is 1.62. The smallest absolute Gasteiger partial charge is 0.333 e. The van der Waals surface area contributed by atoms with E-state index in [0.29, 0.717) is 25.2 Å². The molecule has 1 heterocycles. The van der Waals surface area contributed by atoms with Crippen LogP contribution >= 0.6 is 0 Å². The Morgan fingerprint density at radius 3 is 2.78 bits per heavy atom. The molecule has 0 aliphatic carbocycles. The van der Waals surface area contributed by atoms with Crippen LogP contribution < -0.4 is 0 Å². The van der Waals surface area contributed by atoms with E-state index in [1.807, 2.05) is 30.3 Å². The van der Waals surface area contributed by atoms with E-state index in [-0.39, 0.29) is 12.6 Å². The van der Waals surface area contributed by atoms with E-state index in [4.69, 9.17) is 9.47 Å². The fourth-order valence-electron chi connectivity index (χ4n) is 1.76. The highest BCUT2D eigenvalue weighted by atomic mass is 16.5. The summed E-state index contributed by atoms with van der Waals surface area (Å²) in [6, 6.07) is 9.69. The van der Waals surface area contributed by atoms with E-state index in [0.717, 1.165) is 5.56 Å². The third kappa shape index (κ3) is 3.42. The van der Waals surface area contributed by atoms with Crippen LogP contribution in [0.1, 0.15) is 12.0 Å². The molecule has 1 aromatic carbocycles. The minimum Gasteiger partial charge on any atom is -0.462 e. The summed E-state index contributed by atoms with van der Waals surface area (Å²) in [4.78, 5) is 11.3. The molecule has 0 spiro atoms. The van der Waals surface area contributed by atoms with Gasteiger partial charge in [-0.15, -0.1) is 0 Å². The highest BCUT2D eigenvalue weighted by molar-refractivity contribution is 5.90. The van der Waals surface area contributed by atoms with Crippen LogP contribution in [0.3, 0.4) is 0 Å². The van der Waals surface area contributed by atoms with Crippen LogP contribution in [0, 0.1) is 0 Å². The maximum absolute atomic E-state index is 11.3. The number of hydrogen-bond acceptors (Lipinski definition) is 4. The van der Waals surface area contributed by atoms with E-state index in [9.17, 15) is 9.90 Å². The van der Waals surface area contributed by atoms with Crippen molar-refractivity contribution < 1.29 is 19.4 Å². The van der Waals surface area contributed by atoms with E-state index in [1.165, 1.54) is 0 Å². The first-order chi connectivity index (χ1) is 8.79. The Balaban J connectivity index is 1.92. The first-order valence-corrected chi connectivity index (χ1v) is 5.94. The molecule has 0 bridgehead atoms. The molecule has 1 aliphatic rings. The second-order valence-corrected chi connectivity index (χ2v) is 4.10. The molecule has 1 fully saturated rings. The molecule has 0 amide bonds. The van der Waals surface area contributed by atoms with Gasteiger partial charge in [-0.25, -0.2) is 4.79 Å². The van der Waals surface area contributed by atoms with Gasteiger partial charge in [0.15, 0.2) is 0 Å². The number of carbonyl (C=O) groups excluding carboxylic acids is 1. The van der Waals surface area contributed by atoms with Crippen molar-refractivity contribution in [2.75, 3.05) is 13.2 Å². The number of rotatable bonds is 5. The first-order valence-electron chi connectivity index (χ1n) is 5.94. The first kappa shape index (κ1) is 12.8. The molecule has 0 saturated carbocycles. The Morgan fingerprint density at radius 1 is 1.39 bits per heavy atom. The minimum atomic E-state index is -0.467. The van der Waals surface area contributed by atoms with Gasteiger partial charge in [-0.1, -0.05) is 30.3 Å². The maximum Gasteiger partial charge on any atom is 0.333 e. The number of carbonyl (C=O) groups is 1. The number of cyclic esters (lactones) is 1. The Kier molecular flexibility index (Phi) is 4.50. The van der Waals surface area contributed by atoms with Crippen LogP contribution in [-0.4, -0.2) is 30.4 Å². The Bertz CT molecular complexity index is 425. The van der Waals surface area contributed by atoms with Gasteiger partial charge in [-0.2, -0.15) is 0 Å². The van der Waals surface area contributed by atoms with Gasteiger partial charge in [0.1, 0.15) is 0 Å². The van der Waals surface area contributed by atoms with Crippen molar-refractivity contribution in [3.8, 4) is 0 Å². The molecule has 1 atom stereocenters. The molecule has 1 saturated heterocycles. The normalized spacial score (nSPS) is 18.9. The predicted octanol–water partition coefficient (Wildman–Crippen LogP) is 1.44. The van der Waals surface area contributed by atoms with Crippen molar-refractivity contribution in [3.63, 3.8) is 0 Å². The zero-order valence-corrected chi connectivity index (χ0v) is 10.0. The molecular formula is C14H16O4. The standard InChI is InChI=1S/C14H16O4/c15-9-13(8-12-6-7-17-14(12)16)18-10-11-4-2-1-3-5-11/h1-5,8,13,15H,6-7,9-10H2/b12-8+/t13-/m0/s1. The number of aliphatic hydroxyl groups excluding tert-OH is 1. The van der Waals surface area contributed by atoms with Gasteiger partial charge in [-0.3, -0.25) is 0 Å². The highest BCUT2D eigenvalue weighted by Crippen LogP contribution is 2.15. The van der Waals surface area contributed by atoms with Gasteiger partial charge in [0, 0.05) is 12.0 Å². The molecule has 2 rings (SSSR count). The van der Waals surface area contributed by atoms with Crippen LogP contribution in [0.4, 0.5) is 0 Å². The molecule has 1 aliphatic heterocycles. The molecule has 0 radical (unpaired) electrons. The van der Waals surface area contributed by atoms with Crippen LogP contribution in [0.5, 0.6) is 0 Å². The van der Waals surface area contributed by atoms with Crippen LogP contribution in [-0.2, 0) is 20.9 Å². The second-order valence-electron chi connectivity index (χ2n) is 4.10. The lowest BCUT2D eigenvalue weighted by atomic mass is 10.1. The maximum atomic E-state index is 11.3. The summed E-state index contributed by atoms with van der Waals surface area (Å²) < 4.78 is 10.4. The fourth-order valence-corrected chi connectivity index (χ4v) is 1.76. The Labute approximate surface area is 106 Å². The molecule has 4 nitrogen and oxygen atoms in total. The van der Waals surface area contributed by atoms with E-state index in [1.54, 1.807) is 6.08 Å². The molecule has 0 unspecified atom stereocenters. The zero-order chi connectivity index (χ0) is 12.8. The van der Waals surface area contributed by atoms with Crippen molar-refractivity contribution >= 4 is 5.97 Å².